The van der Waals surface area contributed by atoms with Crippen molar-refractivity contribution in [1.29, 1.82) is 0 Å². The largest absolute Gasteiger partial charge is 0.308 e. The molecule has 20 heavy (non-hydrogen) atoms. The van der Waals surface area contributed by atoms with Crippen molar-refractivity contribution in [2.45, 2.75) is 59.0 Å². The SMILES string of the molecule is CCCNC(c1cncnc1)C(C)(CC)N(CC)CC. The van der Waals surface area contributed by atoms with Crippen LogP contribution in [0.25, 0.3) is 0 Å². The number of hydrogen-bond donors (Lipinski definition) is 1. The molecule has 1 heterocycles. The fourth-order valence-electron chi connectivity index (χ4n) is 3.00. The van der Waals surface area contributed by atoms with E-state index >= 15 is 0 Å². The molecule has 1 N–H and O–H groups in total. The molecule has 1 rings (SSSR count). The second kappa shape index (κ2) is 8.32. The molecule has 0 aromatic carbocycles. The Bertz CT molecular complexity index is 364. The van der Waals surface area contributed by atoms with Crippen LogP contribution in [0, 0.1) is 0 Å². The minimum atomic E-state index is 0.0728. The Labute approximate surface area is 124 Å². The van der Waals surface area contributed by atoms with Gasteiger partial charge in [-0.2, -0.15) is 0 Å². The Morgan fingerprint density at radius 2 is 1.75 bits per heavy atom. The molecule has 2 unspecified atom stereocenters. The number of likely N-dealkylation sites (N-methyl/N-ethyl adjacent to an activating group) is 1. The summed E-state index contributed by atoms with van der Waals surface area (Å²) in [7, 11) is 0. The fraction of sp³-hybridized carbons (Fsp3) is 0.750. The van der Waals surface area contributed by atoms with Gasteiger partial charge in [-0.1, -0.05) is 27.7 Å². The van der Waals surface area contributed by atoms with E-state index in [9.17, 15) is 0 Å². The summed E-state index contributed by atoms with van der Waals surface area (Å²) >= 11 is 0. The molecule has 2 atom stereocenters. The molecule has 0 aliphatic heterocycles. The summed E-state index contributed by atoms with van der Waals surface area (Å²) in [6.45, 7) is 14.4. The fourth-order valence-corrected chi connectivity index (χ4v) is 3.00. The molecule has 0 amide bonds. The van der Waals surface area contributed by atoms with Gasteiger partial charge in [0.1, 0.15) is 6.33 Å². The molecule has 1 aromatic rings. The van der Waals surface area contributed by atoms with Gasteiger partial charge in [-0.15, -0.1) is 0 Å². The van der Waals surface area contributed by atoms with E-state index in [2.05, 4.69) is 54.8 Å². The zero-order valence-corrected chi connectivity index (χ0v) is 13.7. The zero-order valence-electron chi connectivity index (χ0n) is 13.7. The highest BCUT2D eigenvalue weighted by atomic mass is 15.2. The minimum absolute atomic E-state index is 0.0728. The Morgan fingerprint density at radius 3 is 2.20 bits per heavy atom. The highest BCUT2D eigenvalue weighted by Crippen LogP contribution is 2.33. The van der Waals surface area contributed by atoms with Gasteiger partial charge in [0.2, 0.25) is 0 Å². The van der Waals surface area contributed by atoms with Gasteiger partial charge in [0.05, 0.1) is 6.04 Å². The molecule has 1 aromatic heterocycles. The van der Waals surface area contributed by atoms with Crippen LogP contribution >= 0.6 is 0 Å². The first-order valence-corrected chi connectivity index (χ1v) is 7.87. The monoisotopic (exact) mass is 278 g/mol. The van der Waals surface area contributed by atoms with Crippen LogP contribution in [0.4, 0.5) is 0 Å². The second-order valence-corrected chi connectivity index (χ2v) is 5.44. The molecule has 0 aliphatic carbocycles. The van der Waals surface area contributed by atoms with Gasteiger partial charge in [-0.3, -0.25) is 4.90 Å². The molecule has 0 fully saturated rings. The third-order valence-electron chi connectivity index (χ3n) is 4.34. The Balaban J connectivity index is 3.12. The molecular formula is C16H30N4. The summed E-state index contributed by atoms with van der Waals surface area (Å²) < 4.78 is 0. The molecule has 114 valence electrons. The smallest absolute Gasteiger partial charge is 0.115 e. The van der Waals surface area contributed by atoms with E-state index in [1.165, 1.54) is 5.56 Å². The lowest BCUT2D eigenvalue weighted by atomic mass is 9.83. The van der Waals surface area contributed by atoms with Crippen molar-refractivity contribution in [3.05, 3.63) is 24.3 Å². The summed E-state index contributed by atoms with van der Waals surface area (Å²) in [6, 6.07) is 0.258. The first-order chi connectivity index (χ1) is 9.63. The number of nitrogens with one attached hydrogen (secondary N) is 1. The van der Waals surface area contributed by atoms with Crippen molar-refractivity contribution < 1.29 is 0 Å². The van der Waals surface area contributed by atoms with Gasteiger partial charge in [-0.25, -0.2) is 9.97 Å². The van der Waals surface area contributed by atoms with Crippen LogP contribution in [-0.4, -0.2) is 40.0 Å². The van der Waals surface area contributed by atoms with Crippen molar-refractivity contribution in [3.8, 4) is 0 Å². The Morgan fingerprint density at radius 1 is 1.15 bits per heavy atom. The molecule has 0 saturated carbocycles. The standard InChI is InChI=1S/C16H30N4/c1-6-10-19-15(14-11-17-13-18-12-14)16(5,7-2)20(8-3)9-4/h11-13,15,19H,6-10H2,1-5H3. The summed E-state index contributed by atoms with van der Waals surface area (Å²) in [5, 5.41) is 3.70. The summed E-state index contributed by atoms with van der Waals surface area (Å²) in [5.74, 6) is 0. The van der Waals surface area contributed by atoms with Crippen molar-refractivity contribution in [3.63, 3.8) is 0 Å². The van der Waals surface area contributed by atoms with E-state index in [0.717, 1.165) is 32.5 Å². The van der Waals surface area contributed by atoms with Gasteiger partial charge >= 0.3 is 0 Å². The van der Waals surface area contributed by atoms with Gasteiger partial charge in [0, 0.05) is 23.5 Å². The van der Waals surface area contributed by atoms with E-state index in [1.807, 2.05) is 12.4 Å². The Kier molecular flexibility index (Phi) is 7.10. The van der Waals surface area contributed by atoms with E-state index < -0.39 is 0 Å². The van der Waals surface area contributed by atoms with Crippen LogP contribution in [0.5, 0.6) is 0 Å². The van der Waals surface area contributed by atoms with Gasteiger partial charge in [0.25, 0.3) is 0 Å². The van der Waals surface area contributed by atoms with E-state index in [4.69, 9.17) is 0 Å². The highest BCUT2D eigenvalue weighted by molar-refractivity contribution is 5.16. The van der Waals surface area contributed by atoms with Crippen molar-refractivity contribution in [2.24, 2.45) is 0 Å². The van der Waals surface area contributed by atoms with Crippen molar-refractivity contribution >= 4 is 0 Å². The molecule has 0 spiro atoms. The van der Waals surface area contributed by atoms with Crippen LogP contribution in [0.2, 0.25) is 0 Å². The maximum atomic E-state index is 4.20. The first kappa shape index (κ1) is 17.1. The molecule has 0 saturated heterocycles. The van der Waals surface area contributed by atoms with E-state index in [0.29, 0.717) is 0 Å². The number of aromatic nitrogens is 2. The second-order valence-electron chi connectivity index (χ2n) is 5.44. The minimum Gasteiger partial charge on any atom is -0.308 e. The Hall–Kier alpha value is -1.00. The van der Waals surface area contributed by atoms with E-state index in [1.54, 1.807) is 6.33 Å². The number of rotatable bonds is 9. The molecular weight excluding hydrogens is 248 g/mol. The van der Waals surface area contributed by atoms with E-state index in [-0.39, 0.29) is 11.6 Å². The lowest BCUT2D eigenvalue weighted by Gasteiger charge is -2.46. The quantitative estimate of drug-likeness (QED) is 0.754. The number of nitrogens with zero attached hydrogens (tertiary/aromatic N) is 3. The number of hydrogen-bond acceptors (Lipinski definition) is 4. The lowest BCUT2D eigenvalue weighted by Crippen LogP contribution is -2.54. The summed E-state index contributed by atoms with van der Waals surface area (Å²) in [6.07, 6.45) is 7.70. The predicted molar refractivity (Wildman–Crippen MR) is 84.7 cm³/mol. The molecule has 4 nitrogen and oxygen atoms in total. The predicted octanol–water partition coefficient (Wildman–Crippen LogP) is 3.03. The molecule has 0 radical (unpaired) electrons. The van der Waals surface area contributed by atoms with Crippen LogP contribution in [-0.2, 0) is 0 Å². The van der Waals surface area contributed by atoms with Gasteiger partial charge in [0.15, 0.2) is 0 Å². The average Bonchev–Trinajstić information content (AvgIpc) is 2.49. The normalized spacial score (nSPS) is 16.1. The topological polar surface area (TPSA) is 41.1 Å². The lowest BCUT2D eigenvalue weighted by molar-refractivity contribution is 0.0695. The van der Waals surface area contributed by atoms with Crippen LogP contribution in [0.3, 0.4) is 0 Å². The summed E-state index contributed by atoms with van der Waals surface area (Å²) in [4.78, 5) is 10.9. The average molecular weight is 278 g/mol. The highest BCUT2D eigenvalue weighted by Gasteiger charge is 2.37. The molecule has 4 heteroatoms. The maximum absolute atomic E-state index is 4.20. The van der Waals surface area contributed by atoms with Gasteiger partial charge < -0.3 is 5.32 Å². The van der Waals surface area contributed by atoms with Crippen LogP contribution in [0.1, 0.15) is 59.1 Å². The first-order valence-electron chi connectivity index (χ1n) is 7.87. The zero-order chi connectivity index (χ0) is 15.0. The van der Waals surface area contributed by atoms with Gasteiger partial charge in [-0.05, 0) is 39.4 Å². The van der Waals surface area contributed by atoms with Crippen LogP contribution in [0.15, 0.2) is 18.7 Å². The van der Waals surface area contributed by atoms with Crippen LogP contribution < -0.4 is 5.32 Å². The molecule has 0 aliphatic rings. The third-order valence-corrected chi connectivity index (χ3v) is 4.34. The van der Waals surface area contributed by atoms with Crippen molar-refractivity contribution in [2.75, 3.05) is 19.6 Å². The maximum Gasteiger partial charge on any atom is 0.115 e. The molecule has 0 bridgehead atoms. The van der Waals surface area contributed by atoms with Crippen molar-refractivity contribution in [1.82, 2.24) is 20.2 Å². The third kappa shape index (κ3) is 3.76. The summed E-state index contributed by atoms with van der Waals surface area (Å²) in [5.41, 5.74) is 1.25.